The normalized spacial score (nSPS) is 26.5. The number of nitrogens with zero attached hydrogens (tertiary/aromatic N) is 2. The predicted octanol–water partition coefficient (Wildman–Crippen LogP) is 2.85. The second-order valence-corrected chi connectivity index (χ2v) is 11.3. The van der Waals surface area contributed by atoms with E-state index >= 15 is 0 Å². The van der Waals surface area contributed by atoms with Crippen LogP contribution in [0.25, 0.3) is 0 Å². The Balaban J connectivity index is 1.69. The van der Waals surface area contributed by atoms with Crippen LogP contribution in [0.3, 0.4) is 0 Å². The van der Waals surface area contributed by atoms with E-state index in [4.69, 9.17) is 0 Å². The first-order chi connectivity index (χ1) is 12.4. The lowest BCUT2D eigenvalue weighted by molar-refractivity contribution is -0.138. The minimum atomic E-state index is -2.97. The summed E-state index contributed by atoms with van der Waals surface area (Å²) in [5.74, 6) is 1.23. The first-order valence-corrected chi connectivity index (χ1v) is 12.4. The van der Waals surface area contributed by atoms with Crippen LogP contribution in [0, 0.1) is 5.92 Å². The summed E-state index contributed by atoms with van der Waals surface area (Å²) < 4.78 is 24.0. The number of carbonyl (C=O) groups is 1. The van der Waals surface area contributed by atoms with E-state index in [1.54, 1.807) is 0 Å². The lowest BCUT2D eigenvalue weighted by atomic mass is 9.92. The van der Waals surface area contributed by atoms with Crippen molar-refractivity contribution in [3.63, 3.8) is 0 Å². The molecule has 0 radical (unpaired) electrons. The summed E-state index contributed by atoms with van der Waals surface area (Å²) in [6.07, 6.45) is 9.78. The Morgan fingerprint density at radius 3 is 2.19 bits per heavy atom. The topological polar surface area (TPSA) is 57.7 Å². The van der Waals surface area contributed by atoms with E-state index in [2.05, 4.69) is 18.7 Å². The zero-order valence-electron chi connectivity index (χ0n) is 16.5. The van der Waals surface area contributed by atoms with Crippen LogP contribution in [0.1, 0.15) is 71.6 Å². The molecule has 5 nitrogen and oxygen atoms in total. The largest absolute Gasteiger partial charge is 0.335 e. The molecule has 1 atom stereocenters. The van der Waals surface area contributed by atoms with E-state index in [1.165, 1.54) is 19.3 Å². The van der Waals surface area contributed by atoms with Crippen molar-refractivity contribution in [2.75, 3.05) is 24.6 Å². The predicted molar refractivity (Wildman–Crippen MR) is 105 cm³/mol. The van der Waals surface area contributed by atoms with Gasteiger partial charge in [-0.05, 0) is 51.0 Å². The van der Waals surface area contributed by atoms with Crippen molar-refractivity contribution in [1.82, 2.24) is 9.80 Å². The van der Waals surface area contributed by atoms with Crippen molar-refractivity contribution in [2.24, 2.45) is 5.92 Å². The third-order valence-corrected chi connectivity index (χ3v) is 8.00. The average Bonchev–Trinajstić information content (AvgIpc) is 3.37. The summed E-state index contributed by atoms with van der Waals surface area (Å²) in [6, 6.07) is 0.723. The number of rotatable bonds is 8. The molecule has 0 spiro atoms. The summed E-state index contributed by atoms with van der Waals surface area (Å²) in [6.45, 7) is 5.91. The van der Waals surface area contributed by atoms with Gasteiger partial charge >= 0.3 is 0 Å². The number of sulfone groups is 1. The van der Waals surface area contributed by atoms with Crippen LogP contribution in [0.2, 0.25) is 0 Å². The third-order valence-electron chi connectivity index (χ3n) is 6.25. The van der Waals surface area contributed by atoms with Crippen molar-refractivity contribution < 1.29 is 13.2 Å². The molecule has 1 unspecified atom stereocenters. The molecule has 1 aliphatic heterocycles. The fraction of sp³-hybridized carbons (Fsp3) is 0.950. The first kappa shape index (κ1) is 20.1. The molecule has 0 bridgehead atoms. The second-order valence-electron chi connectivity index (χ2n) is 9.03. The van der Waals surface area contributed by atoms with E-state index in [9.17, 15) is 13.2 Å². The molecule has 3 rings (SSSR count). The van der Waals surface area contributed by atoms with Gasteiger partial charge in [-0.15, -0.1) is 0 Å². The standard InChI is InChI=1S/C20H36N2O3S/c1-16(2)10-12-21(17-8-9-17)14-20(23)22(18-6-4-3-5-7-18)19-11-13-26(24,25)15-19/h16-19H,3-15H2,1-2H3. The Bertz CT molecular complexity index is 580. The highest BCUT2D eigenvalue weighted by molar-refractivity contribution is 7.91. The molecule has 0 aromatic rings. The Hall–Kier alpha value is -0.620. The zero-order valence-corrected chi connectivity index (χ0v) is 17.3. The number of carbonyl (C=O) groups excluding carboxylic acids is 1. The van der Waals surface area contributed by atoms with Gasteiger partial charge in [-0.25, -0.2) is 8.42 Å². The van der Waals surface area contributed by atoms with Gasteiger partial charge in [0.1, 0.15) is 0 Å². The van der Waals surface area contributed by atoms with Crippen LogP contribution >= 0.6 is 0 Å². The van der Waals surface area contributed by atoms with Gasteiger partial charge in [0, 0.05) is 18.1 Å². The van der Waals surface area contributed by atoms with Crippen molar-refractivity contribution >= 4 is 15.7 Å². The van der Waals surface area contributed by atoms with Gasteiger partial charge in [-0.2, -0.15) is 0 Å². The van der Waals surface area contributed by atoms with Gasteiger partial charge in [0.2, 0.25) is 5.91 Å². The molecule has 3 aliphatic rings. The van der Waals surface area contributed by atoms with Gasteiger partial charge < -0.3 is 4.90 Å². The summed E-state index contributed by atoms with van der Waals surface area (Å²) in [4.78, 5) is 17.7. The van der Waals surface area contributed by atoms with Gasteiger partial charge in [0.05, 0.1) is 18.1 Å². The molecular weight excluding hydrogens is 348 g/mol. The van der Waals surface area contributed by atoms with E-state index in [1.807, 2.05) is 4.90 Å². The molecule has 2 aliphatic carbocycles. The lowest BCUT2D eigenvalue weighted by Gasteiger charge is -2.39. The maximum absolute atomic E-state index is 13.3. The van der Waals surface area contributed by atoms with Gasteiger partial charge in [-0.1, -0.05) is 33.1 Å². The Morgan fingerprint density at radius 1 is 0.962 bits per heavy atom. The van der Waals surface area contributed by atoms with Gasteiger partial charge in [0.25, 0.3) is 0 Å². The fourth-order valence-corrected chi connectivity index (χ4v) is 6.28. The molecule has 3 fully saturated rings. The van der Waals surface area contributed by atoms with Gasteiger partial charge in [-0.3, -0.25) is 9.69 Å². The Kier molecular flexibility index (Phi) is 6.65. The monoisotopic (exact) mass is 384 g/mol. The molecule has 1 amide bonds. The van der Waals surface area contributed by atoms with Crippen LogP contribution in [0.5, 0.6) is 0 Å². The fourth-order valence-electron chi connectivity index (χ4n) is 4.57. The minimum Gasteiger partial charge on any atom is -0.335 e. The molecule has 0 N–H and O–H groups in total. The van der Waals surface area contributed by atoms with E-state index < -0.39 is 9.84 Å². The summed E-state index contributed by atoms with van der Waals surface area (Å²) in [7, 11) is -2.97. The third kappa shape index (κ3) is 5.44. The molecular formula is C20H36N2O3S. The smallest absolute Gasteiger partial charge is 0.237 e. The minimum absolute atomic E-state index is 0.0956. The maximum Gasteiger partial charge on any atom is 0.237 e. The molecule has 6 heteroatoms. The highest BCUT2D eigenvalue weighted by Crippen LogP contribution is 2.31. The Labute approximate surface area is 159 Å². The first-order valence-electron chi connectivity index (χ1n) is 10.6. The SMILES string of the molecule is CC(C)CCN(CC(=O)N(C1CCCCC1)C1CCS(=O)(=O)C1)C1CC1. The molecule has 26 heavy (non-hydrogen) atoms. The van der Waals surface area contributed by atoms with Crippen molar-refractivity contribution in [1.29, 1.82) is 0 Å². The van der Waals surface area contributed by atoms with Crippen LogP contribution in [-0.4, -0.2) is 66.8 Å². The maximum atomic E-state index is 13.3. The summed E-state index contributed by atoms with van der Waals surface area (Å²) in [5, 5.41) is 0. The van der Waals surface area contributed by atoms with Crippen molar-refractivity contribution in [3.05, 3.63) is 0 Å². The van der Waals surface area contributed by atoms with Crippen LogP contribution in [-0.2, 0) is 14.6 Å². The van der Waals surface area contributed by atoms with E-state index in [0.29, 0.717) is 24.9 Å². The zero-order chi connectivity index (χ0) is 18.7. The van der Waals surface area contributed by atoms with Crippen LogP contribution in [0.15, 0.2) is 0 Å². The van der Waals surface area contributed by atoms with Crippen molar-refractivity contribution in [3.8, 4) is 0 Å². The van der Waals surface area contributed by atoms with E-state index in [0.717, 1.165) is 38.6 Å². The number of hydrogen-bond donors (Lipinski definition) is 0. The Morgan fingerprint density at radius 2 is 1.65 bits per heavy atom. The summed E-state index contributed by atoms with van der Waals surface area (Å²) >= 11 is 0. The van der Waals surface area contributed by atoms with Crippen LogP contribution in [0.4, 0.5) is 0 Å². The highest BCUT2D eigenvalue weighted by Gasteiger charge is 2.40. The molecule has 2 saturated carbocycles. The molecule has 150 valence electrons. The molecule has 1 saturated heterocycles. The second kappa shape index (κ2) is 8.59. The quantitative estimate of drug-likeness (QED) is 0.646. The van der Waals surface area contributed by atoms with Crippen LogP contribution < -0.4 is 0 Å². The summed E-state index contributed by atoms with van der Waals surface area (Å²) in [5.41, 5.74) is 0. The van der Waals surface area contributed by atoms with E-state index in [-0.39, 0.29) is 29.5 Å². The molecule has 1 heterocycles. The highest BCUT2D eigenvalue weighted by atomic mass is 32.2. The number of hydrogen-bond acceptors (Lipinski definition) is 4. The number of amides is 1. The average molecular weight is 385 g/mol. The molecule has 0 aromatic heterocycles. The van der Waals surface area contributed by atoms with Crippen molar-refractivity contribution in [2.45, 2.75) is 89.8 Å². The lowest BCUT2D eigenvalue weighted by Crippen LogP contribution is -2.52. The van der Waals surface area contributed by atoms with Gasteiger partial charge in [0.15, 0.2) is 9.84 Å². The molecule has 0 aromatic carbocycles.